The lowest BCUT2D eigenvalue weighted by Gasteiger charge is -2.23. The predicted molar refractivity (Wildman–Crippen MR) is 161 cm³/mol. The summed E-state index contributed by atoms with van der Waals surface area (Å²) in [6, 6.07) is 12.5. The molecule has 1 aromatic heterocycles. The van der Waals surface area contributed by atoms with Gasteiger partial charge in [-0.15, -0.1) is 0 Å². The van der Waals surface area contributed by atoms with E-state index in [9.17, 15) is 9.59 Å². The number of hydrogen-bond donors (Lipinski definition) is 4. The second-order valence-corrected chi connectivity index (χ2v) is 10.3. The van der Waals surface area contributed by atoms with Crippen molar-refractivity contribution >= 4 is 23.3 Å². The molecule has 4 heterocycles. The molecule has 43 heavy (non-hydrogen) atoms. The van der Waals surface area contributed by atoms with Crippen molar-refractivity contribution in [3.05, 3.63) is 65.5 Å². The number of nitrogens with zero attached hydrogens (tertiary/aromatic N) is 2. The number of anilines is 2. The van der Waals surface area contributed by atoms with Gasteiger partial charge in [0.05, 0.1) is 44.0 Å². The number of amides is 2. The van der Waals surface area contributed by atoms with Gasteiger partial charge in [0.25, 0.3) is 11.8 Å². The summed E-state index contributed by atoms with van der Waals surface area (Å²) in [5.41, 5.74) is 9.09. The first-order valence-corrected chi connectivity index (χ1v) is 14.6. The van der Waals surface area contributed by atoms with E-state index in [0.29, 0.717) is 73.7 Å². The van der Waals surface area contributed by atoms with Crippen LogP contribution in [-0.2, 0) is 20.8 Å². The van der Waals surface area contributed by atoms with Crippen LogP contribution >= 0.6 is 0 Å². The number of nitrogen functional groups attached to an aromatic ring is 1. The van der Waals surface area contributed by atoms with Crippen LogP contribution in [0.3, 0.4) is 0 Å². The number of hydrogen-bond acceptors (Lipinski definition) is 10. The summed E-state index contributed by atoms with van der Waals surface area (Å²) < 4.78 is 22.9. The quantitative estimate of drug-likeness (QED) is 0.333. The molecule has 0 spiro atoms. The van der Waals surface area contributed by atoms with E-state index >= 15 is 0 Å². The number of nitrogens with one attached hydrogen (secondary N) is 3. The highest BCUT2D eigenvalue weighted by atomic mass is 16.5. The number of ether oxygens (including phenoxy) is 4. The molecule has 4 bridgehead atoms. The zero-order chi connectivity index (χ0) is 29.9. The van der Waals surface area contributed by atoms with Crippen LogP contribution in [0.4, 0.5) is 11.5 Å². The molecule has 2 aromatic carbocycles. The minimum atomic E-state index is -0.518. The average Bonchev–Trinajstić information content (AvgIpc) is 3.03. The maximum atomic E-state index is 13.5. The Kier molecular flexibility index (Phi) is 10.9. The normalized spacial score (nSPS) is 17.5. The third-order valence-electron chi connectivity index (χ3n) is 7.27. The Morgan fingerprint density at radius 3 is 2.40 bits per heavy atom. The summed E-state index contributed by atoms with van der Waals surface area (Å²) in [6.07, 6.45) is 3.57. The fourth-order valence-electron chi connectivity index (χ4n) is 4.90. The standard InChI is InChI=1S/C31H38N6O6/c32-29-27-31(39)37-25-3-1-2-24(19-33-18-21-8-11-40-12-9-21)28(25)43-17-16-42-15-14-41-13-10-34-30(38)23-6-4-22(5-7-23)26(36-27)20-35-29/h1-7,20-21,33H,8-19H2,(H2,32,35)(H,34,38)(H,37,39). The molecule has 228 valence electrons. The van der Waals surface area contributed by atoms with E-state index in [4.69, 9.17) is 24.7 Å². The molecule has 5 N–H and O–H groups in total. The Hall–Kier alpha value is -4.10. The zero-order valence-corrected chi connectivity index (χ0v) is 24.1. The number of carbonyl (C=O) groups is 2. The van der Waals surface area contributed by atoms with E-state index in [2.05, 4.69) is 25.9 Å². The molecule has 12 nitrogen and oxygen atoms in total. The van der Waals surface area contributed by atoms with Gasteiger partial charge in [0.15, 0.2) is 11.5 Å². The van der Waals surface area contributed by atoms with Crippen molar-refractivity contribution in [1.29, 1.82) is 0 Å². The highest BCUT2D eigenvalue weighted by Crippen LogP contribution is 2.30. The van der Waals surface area contributed by atoms with Crippen molar-refractivity contribution in [3.63, 3.8) is 0 Å². The summed E-state index contributed by atoms with van der Waals surface area (Å²) >= 11 is 0. The number of fused-ring (bicyclic) bond motifs is 13. The van der Waals surface area contributed by atoms with E-state index in [1.807, 2.05) is 12.1 Å². The van der Waals surface area contributed by atoms with Crippen molar-refractivity contribution in [2.45, 2.75) is 19.4 Å². The van der Waals surface area contributed by atoms with Gasteiger partial charge in [0.2, 0.25) is 0 Å². The van der Waals surface area contributed by atoms with Crippen molar-refractivity contribution in [2.75, 3.05) is 70.4 Å². The number of aromatic nitrogens is 2. The van der Waals surface area contributed by atoms with Crippen molar-refractivity contribution in [2.24, 2.45) is 5.92 Å². The van der Waals surface area contributed by atoms with E-state index in [0.717, 1.165) is 38.2 Å². The van der Waals surface area contributed by atoms with Crippen LogP contribution in [0.15, 0.2) is 48.7 Å². The van der Waals surface area contributed by atoms with Gasteiger partial charge in [-0.1, -0.05) is 24.3 Å². The Morgan fingerprint density at radius 1 is 0.860 bits per heavy atom. The molecule has 3 aromatic rings. The number of para-hydroxylation sites is 1. The first-order valence-electron chi connectivity index (χ1n) is 14.6. The molecule has 12 heteroatoms. The molecule has 6 rings (SSSR count). The van der Waals surface area contributed by atoms with Crippen LogP contribution in [0.5, 0.6) is 5.75 Å². The van der Waals surface area contributed by atoms with E-state index < -0.39 is 5.91 Å². The van der Waals surface area contributed by atoms with E-state index in [1.165, 1.54) is 6.20 Å². The number of nitrogens with two attached hydrogens (primary N) is 1. The van der Waals surface area contributed by atoms with Gasteiger partial charge in [-0.3, -0.25) is 9.59 Å². The third-order valence-corrected chi connectivity index (χ3v) is 7.27. The van der Waals surface area contributed by atoms with Crippen molar-refractivity contribution < 1.29 is 28.5 Å². The smallest absolute Gasteiger partial charge is 0.278 e. The Labute approximate surface area is 250 Å². The summed E-state index contributed by atoms with van der Waals surface area (Å²) in [5.74, 6) is 0.374. The molecule has 0 atom stereocenters. The van der Waals surface area contributed by atoms with Gasteiger partial charge in [0.1, 0.15) is 12.4 Å². The van der Waals surface area contributed by atoms with Crippen LogP contribution in [-0.4, -0.2) is 81.1 Å². The van der Waals surface area contributed by atoms with Crippen molar-refractivity contribution in [1.82, 2.24) is 20.6 Å². The first-order chi connectivity index (χ1) is 21.1. The summed E-state index contributed by atoms with van der Waals surface area (Å²) in [6.45, 7) is 5.12. The molecule has 0 aliphatic carbocycles. The van der Waals surface area contributed by atoms with E-state index in [-0.39, 0.29) is 24.0 Å². The van der Waals surface area contributed by atoms with Crippen LogP contribution in [0.1, 0.15) is 39.3 Å². The fraction of sp³-hybridized carbons (Fsp3) is 0.419. The van der Waals surface area contributed by atoms with Crippen molar-refractivity contribution in [3.8, 4) is 17.0 Å². The highest BCUT2D eigenvalue weighted by Gasteiger charge is 2.20. The van der Waals surface area contributed by atoms with Gasteiger partial charge in [-0.2, -0.15) is 0 Å². The number of rotatable bonds is 4. The predicted octanol–water partition coefficient (Wildman–Crippen LogP) is 2.65. The van der Waals surface area contributed by atoms with Crippen LogP contribution < -0.4 is 26.4 Å². The maximum Gasteiger partial charge on any atom is 0.278 e. The monoisotopic (exact) mass is 590 g/mol. The van der Waals surface area contributed by atoms with Gasteiger partial charge in [-0.25, -0.2) is 9.97 Å². The Morgan fingerprint density at radius 2 is 1.58 bits per heavy atom. The number of carbonyl (C=O) groups excluding carboxylic acids is 2. The van der Waals surface area contributed by atoms with Gasteiger partial charge in [-0.05, 0) is 43.5 Å². The fourth-order valence-corrected chi connectivity index (χ4v) is 4.90. The highest BCUT2D eigenvalue weighted by molar-refractivity contribution is 6.06. The first kappa shape index (κ1) is 30.4. The molecule has 0 unspecified atom stereocenters. The van der Waals surface area contributed by atoms with Gasteiger partial charge < -0.3 is 40.6 Å². The average molecular weight is 591 g/mol. The molecule has 0 saturated carbocycles. The Balaban J connectivity index is 1.38. The second kappa shape index (κ2) is 15.4. The minimum Gasteiger partial charge on any atom is -0.489 e. The topological polar surface area (TPSA) is 159 Å². The molecule has 3 aliphatic rings. The molecular weight excluding hydrogens is 552 g/mol. The second-order valence-electron chi connectivity index (χ2n) is 10.3. The third kappa shape index (κ3) is 8.48. The van der Waals surface area contributed by atoms with Crippen LogP contribution in [0.2, 0.25) is 0 Å². The van der Waals surface area contributed by atoms with Crippen LogP contribution in [0.25, 0.3) is 11.3 Å². The lowest BCUT2D eigenvalue weighted by atomic mass is 10.0. The van der Waals surface area contributed by atoms with Gasteiger partial charge in [0, 0.05) is 43.0 Å². The number of benzene rings is 2. The Bertz CT molecular complexity index is 1380. The maximum absolute atomic E-state index is 13.5. The van der Waals surface area contributed by atoms with Crippen LogP contribution in [0, 0.1) is 5.92 Å². The lowest BCUT2D eigenvalue weighted by Crippen LogP contribution is -2.28. The summed E-state index contributed by atoms with van der Waals surface area (Å²) in [4.78, 5) is 34.7. The molecule has 1 saturated heterocycles. The molecule has 2 amide bonds. The van der Waals surface area contributed by atoms with Gasteiger partial charge >= 0.3 is 0 Å². The molecular formula is C31H38N6O6. The summed E-state index contributed by atoms with van der Waals surface area (Å²) in [5, 5.41) is 9.29. The summed E-state index contributed by atoms with van der Waals surface area (Å²) in [7, 11) is 0. The van der Waals surface area contributed by atoms with E-state index in [1.54, 1.807) is 30.3 Å². The molecule has 0 radical (unpaired) electrons. The minimum absolute atomic E-state index is 0.000857. The zero-order valence-electron chi connectivity index (χ0n) is 24.1. The molecule has 3 aliphatic heterocycles. The SMILES string of the molecule is Nc1ncc2nc1C(=O)Nc1cccc(CNCC3CCOCC3)c1OCCOCCOCCNC(=O)c1ccc-2cc1. The molecule has 1 fully saturated rings. The largest absolute Gasteiger partial charge is 0.489 e. The lowest BCUT2D eigenvalue weighted by molar-refractivity contribution is 0.0370.